The Kier molecular flexibility index (Phi) is 5.78. The number of nitrogens with one attached hydrogen (secondary N) is 2. The summed E-state index contributed by atoms with van der Waals surface area (Å²) >= 11 is 0. The van der Waals surface area contributed by atoms with E-state index in [1.54, 1.807) is 0 Å². The van der Waals surface area contributed by atoms with E-state index in [-0.39, 0.29) is 12.6 Å². The lowest BCUT2D eigenvalue weighted by Crippen LogP contribution is -2.53. The smallest absolute Gasteiger partial charge is 0.315 e. The van der Waals surface area contributed by atoms with Crippen LogP contribution in [-0.2, 0) is 6.54 Å². The van der Waals surface area contributed by atoms with E-state index < -0.39 is 5.54 Å². The van der Waals surface area contributed by atoms with Crippen LogP contribution in [0.3, 0.4) is 0 Å². The molecule has 1 atom stereocenters. The Balaban J connectivity index is 1.48. The zero-order valence-electron chi connectivity index (χ0n) is 15.1. The summed E-state index contributed by atoms with van der Waals surface area (Å²) in [6.07, 6.45) is 9.05. The van der Waals surface area contributed by atoms with E-state index in [0.717, 1.165) is 37.3 Å². The third-order valence-corrected chi connectivity index (χ3v) is 5.40. The highest BCUT2D eigenvalue weighted by Gasteiger charge is 2.42. The van der Waals surface area contributed by atoms with Gasteiger partial charge >= 0.3 is 6.03 Å². The van der Waals surface area contributed by atoms with Gasteiger partial charge in [0.05, 0.1) is 12.1 Å². The molecule has 2 fully saturated rings. The van der Waals surface area contributed by atoms with Crippen LogP contribution in [0.4, 0.5) is 10.6 Å². The van der Waals surface area contributed by atoms with Gasteiger partial charge in [-0.1, -0.05) is 18.9 Å². The number of rotatable bonds is 6. The van der Waals surface area contributed by atoms with Crippen molar-refractivity contribution in [1.82, 2.24) is 15.6 Å². The summed E-state index contributed by atoms with van der Waals surface area (Å²) in [6.45, 7) is 4.46. The first kappa shape index (κ1) is 18.0. The fraction of sp³-hybridized carbons (Fsp3) is 0.684. The Labute approximate surface area is 150 Å². The predicted octanol–water partition coefficient (Wildman–Crippen LogP) is 2.42. The third kappa shape index (κ3) is 4.84. The monoisotopic (exact) mass is 346 g/mol. The number of hydrogen-bond acceptors (Lipinski definition) is 4. The molecule has 3 rings (SSSR count). The van der Waals surface area contributed by atoms with Crippen molar-refractivity contribution in [2.75, 3.05) is 24.6 Å². The van der Waals surface area contributed by atoms with Crippen molar-refractivity contribution >= 4 is 11.8 Å². The zero-order valence-corrected chi connectivity index (χ0v) is 15.1. The molecular formula is C19H30N4O2. The fourth-order valence-electron chi connectivity index (χ4n) is 3.49. The van der Waals surface area contributed by atoms with Gasteiger partial charge in [0, 0.05) is 25.8 Å². The number of aliphatic hydroxyl groups is 1. The average molecular weight is 346 g/mol. The van der Waals surface area contributed by atoms with Crippen LogP contribution < -0.4 is 15.5 Å². The SMILES string of the molecule is CC(CO)(NC(=O)NCc1ccc(N2CCCCCC2)nc1)C1CC1. The molecule has 6 heteroatoms. The van der Waals surface area contributed by atoms with Gasteiger partial charge in [0.15, 0.2) is 0 Å². The number of amides is 2. The van der Waals surface area contributed by atoms with Gasteiger partial charge in [-0.3, -0.25) is 0 Å². The number of carbonyl (C=O) groups is 1. The van der Waals surface area contributed by atoms with Crippen LogP contribution in [0.25, 0.3) is 0 Å². The molecule has 0 radical (unpaired) electrons. The maximum absolute atomic E-state index is 12.1. The highest BCUT2D eigenvalue weighted by atomic mass is 16.3. The molecule has 2 heterocycles. The Morgan fingerprint density at radius 1 is 1.28 bits per heavy atom. The minimum atomic E-state index is -0.515. The molecule has 1 aromatic rings. The third-order valence-electron chi connectivity index (χ3n) is 5.40. The zero-order chi connectivity index (χ0) is 17.7. The van der Waals surface area contributed by atoms with Crippen LogP contribution in [0.5, 0.6) is 0 Å². The van der Waals surface area contributed by atoms with E-state index >= 15 is 0 Å². The number of anilines is 1. The van der Waals surface area contributed by atoms with Gasteiger partial charge in [-0.25, -0.2) is 9.78 Å². The number of nitrogens with zero attached hydrogens (tertiary/aromatic N) is 2. The second-order valence-electron chi connectivity index (χ2n) is 7.58. The average Bonchev–Trinajstić information content (AvgIpc) is 3.47. The Bertz CT molecular complexity index is 565. The van der Waals surface area contributed by atoms with Crippen molar-refractivity contribution in [1.29, 1.82) is 0 Å². The summed E-state index contributed by atoms with van der Waals surface area (Å²) in [5.41, 5.74) is 0.463. The summed E-state index contributed by atoms with van der Waals surface area (Å²) in [7, 11) is 0. The molecule has 2 amide bonds. The van der Waals surface area contributed by atoms with Gasteiger partial charge in [0.25, 0.3) is 0 Å². The molecule has 25 heavy (non-hydrogen) atoms. The molecule has 1 saturated carbocycles. The van der Waals surface area contributed by atoms with Crippen molar-refractivity contribution in [3.8, 4) is 0 Å². The summed E-state index contributed by atoms with van der Waals surface area (Å²) in [4.78, 5) is 19.0. The molecule has 1 aromatic heterocycles. The maximum atomic E-state index is 12.1. The summed E-state index contributed by atoms with van der Waals surface area (Å²) in [5, 5.41) is 15.3. The van der Waals surface area contributed by atoms with E-state index in [2.05, 4.69) is 20.5 Å². The van der Waals surface area contributed by atoms with Gasteiger partial charge in [-0.15, -0.1) is 0 Å². The van der Waals surface area contributed by atoms with Gasteiger partial charge < -0.3 is 20.6 Å². The molecule has 0 aromatic carbocycles. The number of aromatic nitrogens is 1. The van der Waals surface area contributed by atoms with Crippen molar-refractivity contribution < 1.29 is 9.90 Å². The van der Waals surface area contributed by atoms with Crippen LogP contribution in [0.2, 0.25) is 0 Å². The van der Waals surface area contributed by atoms with E-state index in [4.69, 9.17) is 0 Å². The second-order valence-corrected chi connectivity index (χ2v) is 7.58. The fourth-order valence-corrected chi connectivity index (χ4v) is 3.49. The van der Waals surface area contributed by atoms with Crippen molar-refractivity contribution in [2.45, 2.75) is 57.5 Å². The molecule has 138 valence electrons. The number of pyridine rings is 1. The Morgan fingerprint density at radius 3 is 2.56 bits per heavy atom. The van der Waals surface area contributed by atoms with Crippen LogP contribution in [0.1, 0.15) is 51.0 Å². The molecular weight excluding hydrogens is 316 g/mol. The lowest BCUT2D eigenvalue weighted by molar-refractivity contribution is 0.155. The number of hydrogen-bond donors (Lipinski definition) is 3. The highest BCUT2D eigenvalue weighted by molar-refractivity contribution is 5.74. The minimum absolute atomic E-state index is 0.0306. The molecule has 0 bridgehead atoms. The first-order valence-electron chi connectivity index (χ1n) is 9.47. The molecule has 2 aliphatic rings. The Hall–Kier alpha value is -1.82. The van der Waals surface area contributed by atoms with Crippen LogP contribution in [0, 0.1) is 5.92 Å². The predicted molar refractivity (Wildman–Crippen MR) is 98.5 cm³/mol. The van der Waals surface area contributed by atoms with Gasteiger partial charge in [0.1, 0.15) is 5.82 Å². The molecule has 1 saturated heterocycles. The summed E-state index contributed by atoms with van der Waals surface area (Å²) in [6, 6.07) is 3.84. The van der Waals surface area contributed by atoms with Crippen molar-refractivity contribution in [3.63, 3.8) is 0 Å². The topological polar surface area (TPSA) is 77.5 Å². The first-order valence-corrected chi connectivity index (χ1v) is 9.47. The highest BCUT2D eigenvalue weighted by Crippen LogP contribution is 2.39. The normalized spacial score (nSPS) is 20.5. The summed E-state index contributed by atoms with van der Waals surface area (Å²) < 4.78 is 0. The van der Waals surface area contributed by atoms with Gasteiger partial charge in [0.2, 0.25) is 0 Å². The summed E-state index contributed by atoms with van der Waals surface area (Å²) in [5.74, 6) is 1.41. The van der Waals surface area contributed by atoms with Gasteiger partial charge in [-0.2, -0.15) is 0 Å². The largest absolute Gasteiger partial charge is 0.394 e. The molecule has 1 unspecified atom stereocenters. The van der Waals surface area contributed by atoms with E-state index in [9.17, 15) is 9.90 Å². The number of aliphatic hydroxyl groups excluding tert-OH is 1. The molecule has 1 aliphatic carbocycles. The van der Waals surface area contributed by atoms with Crippen LogP contribution >= 0.6 is 0 Å². The lowest BCUT2D eigenvalue weighted by atomic mass is 9.97. The molecule has 0 spiro atoms. The standard InChI is InChI=1S/C19H30N4O2/c1-19(14-24,16-7-8-16)22-18(25)21-13-15-6-9-17(20-12-15)23-10-4-2-3-5-11-23/h6,9,12,16,24H,2-5,7-8,10-11,13-14H2,1H3,(H2,21,22,25). The van der Waals surface area contributed by atoms with Gasteiger partial charge in [-0.05, 0) is 50.2 Å². The quantitative estimate of drug-likeness (QED) is 0.739. The first-order chi connectivity index (χ1) is 12.1. The molecule has 6 nitrogen and oxygen atoms in total. The maximum Gasteiger partial charge on any atom is 0.315 e. The molecule has 1 aliphatic heterocycles. The lowest BCUT2D eigenvalue weighted by Gasteiger charge is -2.28. The molecule has 3 N–H and O–H groups in total. The minimum Gasteiger partial charge on any atom is -0.394 e. The second kappa shape index (κ2) is 8.04. The van der Waals surface area contributed by atoms with Crippen LogP contribution in [-0.4, -0.2) is 41.4 Å². The Morgan fingerprint density at radius 2 is 2.00 bits per heavy atom. The number of carbonyl (C=O) groups excluding carboxylic acids is 1. The van der Waals surface area contributed by atoms with Crippen LogP contribution in [0.15, 0.2) is 18.3 Å². The van der Waals surface area contributed by atoms with E-state index in [1.807, 2.05) is 25.3 Å². The van der Waals surface area contributed by atoms with Crippen molar-refractivity contribution in [2.24, 2.45) is 5.92 Å². The van der Waals surface area contributed by atoms with Crippen molar-refractivity contribution in [3.05, 3.63) is 23.9 Å². The van der Waals surface area contributed by atoms with E-state index in [0.29, 0.717) is 12.5 Å². The number of urea groups is 1. The van der Waals surface area contributed by atoms with E-state index in [1.165, 1.54) is 25.7 Å².